The second-order valence-electron chi connectivity index (χ2n) is 6.01. The van der Waals surface area contributed by atoms with E-state index in [2.05, 4.69) is 30.1 Å². The van der Waals surface area contributed by atoms with Crippen LogP contribution in [0.4, 0.5) is 0 Å². The Morgan fingerprint density at radius 2 is 1.75 bits per heavy atom. The lowest BCUT2D eigenvalue weighted by Crippen LogP contribution is -2.48. The SMILES string of the molecule is Cc1cc(C)cc(OCCN(C)C(=O)CN2CCNCC2)c1.Cl.Cl. The Morgan fingerprint density at radius 3 is 2.33 bits per heavy atom. The lowest BCUT2D eigenvalue weighted by atomic mass is 10.1. The molecule has 24 heavy (non-hydrogen) atoms. The van der Waals surface area contributed by atoms with Crippen LogP contribution in [-0.4, -0.2) is 68.6 Å². The van der Waals surface area contributed by atoms with Crippen LogP contribution in [0.15, 0.2) is 18.2 Å². The van der Waals surface area contributed by atoms with E-state index in [1.165, 1.54) is 11.1 Å². The van der Waals surface area contributed by atoms with E-state index in [1.54, 1.807) is 4.90 Å². The van der Waals surface area contributed by atoms with Crippen molar-refractivity contribution in [1.29, 1.82) is 0 Å². The van der Waals surface area contributed by atoms with Gasteiger partial charge in [0.05, 0.1) is 13.1 Å². The van der Waals surface area contributed by atoms with Gasteiger partial charge in [-0.15, -0.1) is 24.8 Å². The molecule has 0 bridgehead atoms. The lowest BCUT2D eigenvalue weighted by molar-refractivity contribution is -0.131. The summed E-state index contributed by atoms with van der Waals surface area (Å²) in [5, 5.41) is 3.29. The zero-order valence-electron chi connectivity index (χ0n) is 14.7. The normalized spacial score (nSPS) is 14.3. The molecule has 0 saturated carbocycles. The van der Waals surface area contributed by atoms with Crippen molar-refractivity contribution in [3.63, 3.8) is 0 Å². The molecule has 138 valence electrons. The summed E-state index contributed by atoms with van der Waals surface area (Å²) < 4.78 is 5.76. The molecular weight excluding hydrogens is 349 g/mol. The monoisotopic (exact) mass is 377 g/mol. The van der Waals surface area contributed by atoms with Crippen molar-refractivity contribution < 1.29 is 9.53 Å². The number of hydrogen-bond acceptors (Lipinski definition) is 4. The van der Waals surface area contributed by atoms with E-state index >= 15 is 0 Å². The third-order valence-corrected chi connectivity index (χ3v) is 3.88. The summed E-state index contributed by atoms with van der Waals surface area (Å²) in [6.07, 6.45) is 0. The molecule has 5 nitrogen and oxygen atoms in total. The van der Waals surface area contributed by atoms with Crippen LogP contribution >= 0.6 is 24.8 Å². The number of carbonyl (C=O) groups excluding carboxylic acids is 1. The number of likely N-dealkylation sites (N-methyl/N-ethyl adjacent to an activating group) is 1. The number of nitrogens with one attached hydrogen (secondary N) is 1. The molecule has 2 rings (SSSR count). The van der Waals surface area contributed by atoms with Crippen LogP contribution in [0.2, 0.25) is 0 Å². The van der Waals surface area contributed by atoms with E-state index in [0.29, 0.717) is 19.7 Å². The van der Waals surface area contributed by atoms with Gasteiger partial charge in [0.1, 0.15) is 12.4 Å². The summed E-state index contributed by atoms with van der Waals surface area (Å²) in [7, 11) is 1.84. The molecule has 1 aliphatic heterocycles. The van der Waals surface area contributed by atoms with Crippen LogP contribution in [-0.2, 0) is 4.79 Å². The van der Waals surface area contributed by atoms with Gasteiger partial charge in [0.25, 0.3) is 0 Å². The molecule has 0 aromatic heterocycles. The zero-order valence-corrected chi connectivity index (χ0v) is 16.3. The zero-order chi connectivity index (χ0) is 15.9. The molecule has 0 spiro atoms. The molecule has 1 aromatic rings. The van der Waals surface area contributed by atoms with Crippen LogP contribution in [0.3, 0.4) is 0 Å². The first-order chi connectivity index (χ1) is 10.5. The quantitative estimate of drug-likeness (QED) is 0.821. The van der Waals surface area contributed by atoms with Crippen molar-refractivity contribution in [3.05, 3.63) is 29.3 Å². The molecule has 1 saturated heterocycles. The Labute approximate surface area is 157 Å². The van der Waals surface area contributed by atoms with E-state index in [-0.39, 0.29) is 30.7 Å². The number of amides is 1. The maximum Gasteiger partial charge on any atom is 0.236 e. The van der Waals surface area contributed by atoms with Gasteiger partial charge in [-0.05, 0) is 37.1 Å². The highest BCUT2D eigenvalue weighted by molar-refractivity contribution is 5.85. The van der Waals surface area contributed by atoms with Gasteiger partial charge in [-0.1, -0.05) is 6.07 Å². The predicted octanol–water partition coefficient (Wildman–Crippen LogP) is 1.89. The number of piperazine rings is 1. The van der Waals surface area contributed by atoms with Gasteiger partial charge in [0, 0.05) is 33.2 Å². The average Bonchev–Trinajstić information content (AvgIpc) is 2.47. The number of benzene rings is 1. The molecule has 1 heterocycles. The average molecular weight is 378 g/mol. The third kappa shape index (κ3) is 7.71. The highest BCUT2D eigenvalue weighted by Gasteiger charge is 2.16. The number of halogens is 2. The van der Waals surface area contributed by atoms with E-state index in [1.807, 2.05) is 19.2 Å². The topological polar surface area (TPSA) is 44.8 Å². The summed E-state index contributed by atoms with van der Waals surface area (Å²) in [5.41, 5.74) is 2.39. The molecule has 1 N–H and O–H groups in total. The van der Waals surface area contributed by atoms with Crippen molar-refractivity contribution in [2.24, 2.45) is 0 Å². The van der Waals surface area contributed by atoms with Crippen LogP contribution < -0.4 is 10.1 Å². The molecule has 0 atom stereocenters. The van der Waals surface area contributed by atoms with Gasteiger partial charge in [-0.25, -0.2) is 0 Å². The maximum atomic E-state index is 12.2. The van der Waals surface area contributed by atoms with Crippen LogP contribution in [0.1, 0.15) is 11.1 Å². The number of ether oxygens (including phenoxy) is 1. The first-order valence-corrected chi connectivity index (χ1v) is 7.93. The third-order valence-electron chi connectivity index (χ3n) is 3.88. The summed E-state index contributed by atoms with van der Waals surface area (Å²) >= 11 is 0. The summed E-state index contributed by atoms with van der Waals surface area (Å²) in [4.78, 5) is 16.1. The minimum Gasteiger partial charge on any atom is -0.492 e. The van der Waals surface area contributed by atoms with Crippen LogP contribution in [0, 0.1) is 13.8 Å². The molecule has 7 heteroatoms. The van der Waals surface area contributed by atoms with Crippen molar-refractivity contribution in [2.75, 3.05) is 52.9 Å². The van der Waals surface area contributed by atoms with E-state index < -0.39 is 0 Å². The molecule has 1 amide bonds. The molecule has 0 unspecified atom stereocenters. The fourth-order valence-corrected chi connectivity index (χ4v) is 2.62. The number of hydrogen-bond donors (Lipinski definition) is 1. The van der Waals surface area contributed by atoms with Gasteiger partial charge in [-0.2, -0.15) is 0 Å². The van der Waals surface area contributed by atoms with Crippen molar-refractivity contribution >= 4 is 30.7 Å². The van der Waals surface area contributed by atoms with Gasteiger partial charge in [-0.3, -0.25) is 9.69 Å². The fourth-order valence-electron chi connectivity index (χ4n) is 2.62. The Bertz CT molecular complexity index is 488. The Kier molecular flexibility index (Phi) is 11.0. The second kappa shape index (κ2) is 11.5. The number of nitrogens with zero attached hydrogens (tertiary/aromatic N) is 2. The highest BCUT2D eigenvalue weighted by atomic mass is 35.5. The standard InChI is InChI=1S/C17H27N3O2.2ClH/c1-14-10-15(2)12-16(11-14)22-9-8-19(3)17(21)13-20-6-4-18-5-7-20;;/h10-12,18H,4-9,13H2,1-3H3;2*1H. The number of rotatable bonds is 6. The fraction of sp³-hybridized carbons (Fsp3) is 0.588. The second-order valence-corrected chi connectivity index (χ2v) is 6.01. The van der Waals surface area contributed by atoms with Crippen LogP contribution in [0.5, 0.6) is 5.75 Å². The molecule has 1 aliphatic rings. The number of carbonyl (C=O) groups is 1. The Balaban J connectivity index is 0.00000264. The highest BCUT2D eigenvalue weighted by Crippen LogP contribution is 2.16. The first kappa shape index (κ1) is 23.0. The molecule has 0 radical (unpaired) electrons. The molecular formula is C17H29Cl2N3O2. The molecule has 1 aromatic carbocycles. The minimum atomic E-state index is 0. The summed E-state index contributed by atoms with van der Waals surface area (Å²) in [6, 6.07) is 6.17. The smallest absolute Gasteiger partial charge is 0.236 e. The first-order valence-electron chi connectivity index (χ1n) is 7.93. The van der Waals surface area contributed by atoms with E-state index in [0.717, 1.165) is 31.9 Å². The Morgan fingerprint density at radius 1 is 1.17 bits per heavy atom. The van der Waals surface area contributed by atoms with Gasteiger partial charge in [0.15, 0.2) is 0 Å². The molecule has 1 fully saturated rings. The lowest BCUT2D eigenvalue weighted by Gasteiger charge is -2.28. The molecule has 0 aliphatic carbocycles. The summed E-state index contributed by atoms with van der Waals surface area (Å²) in [5.74, 6) is 1.03. The van der Waals surface area contributed by atoms with Crippen molar-refractivity contribution in [2.45, 2.75) is 13.8 Å². The van der Waals surface area contributed by atoms with Gasteiger partial charge < -0.3 is 15.0 Å². The van der Waals surface area contributed by atoms with E-state index in [4.69, 9.17) is 4.74 Å². The van der Waals surface area contributed by atoms with Gasteiger partial charge >= 0.3 is 0 Å². The number of aryl methyl sites for hydroxylation is 2. The van der Waals surface area contributed by atoms with E-state index in [9.17, 15) is 4.79 Å². The summed E-state index contributed by atoms with van der Waals surface area (Å²) in [6.45, 7) is 9.56. The van der Waals surface area contributed by atoms with Crippen LogP contribution in [0.25, 0.3) is 0 Å². The van der Waals surface area contributed by atoms with Gasteiger partial charge in [0.2, 0.25) is 5.91 Å². The minimum absolute atomic E-state index is 0. The Hall–Kier alpha value is -1.01. The van der Waals surface area contributed by atoms with Crippen molar-refractivity contribution in [1.82, 2.24) is 15.1 Å². The maximum absolute atomic E-state index is 12.2. The van der Waals surface area contributed by atoms with Crippen molar-refractivity contribution in [3.8, 4) is 5.75 Å². The largest absolute Gasteiger partial charge is 0.492 e. The predicted molar refractivity (Wildman–Crippen MR) is 103 cm³/mol.